The van der Waals surface area contributed by atoms with Crippen LogP contribution in [0.2, 0.25) is 0 Å². The van der Waals surface area contributed by atoms with Gasteiger partial charge >= 0.3 is 296 Å². The van der Waals surface area contributed by atoms with Crippen LogP contribution in [-0.4, -0.2) is 18.2 Å². The van der Waals surface area contributed by atoms with Gasteiger partial charge < -0.3 is 0 Å². The van der Waals surface area contributed by atoms with Crippen molar-refractivity contribution in [1.29, 1.82) is 0 Å². The summed E-state index contributed by atoms with van der Waals surface area (Å²) in [7, 11) is 0. The Morgan fingerprint density at radius 3 is 0.510 bits per heavy atom. The molecule has 0 atom stereocenters. The predicted octanol–water partition coefficient (Wildman–Crippen LogP) is 9.73. The molecule has 0 bridgehead atoms. The molecule has 0 spiro atoms. The summed E-state index contributed by atoms with van der Waals surface area (Å²) in [6, 6.07) is 80.6. The molecule has 0 N–H and O–H groups in total. The molecule has 0 saturated carbocycles. The molecule has 0 aromatic heterocycles. The van der Waals surface area contributed by atoms with Gasteiger partial charge in [0.15, 0.2) is 0 Å². The molecular weight excluding hydrogens is 704 g/mol. The van der Waals surface area contributed by atoms with Crippen molar-refractivity contribution in [2.45, 2.75) is 0 Å². The summed E-state index contributed by atoms with van der Waals surface area (Å²) in [4.78, 5) is 0. The molecule has 0 aliphatic carbocycles. The Bertz CT molecular complexity index is 1900. The molecular formula is C48H36Te. The average Bonchev–Trinajstić information content (AvgIpc) is 3.20. The van der Waals surface area contributed by atoms with Crippen LogP contribution in [-0.2, 0) is 0 Å². The molecule has 0 nitrogen and oxygen atoms in total. The number of benzene rings is 8. The van der Waals surface area contributed by atoms with Gasteiger partial charge in [-0.05, 0) is 0 Å². The Labute approximate surface area is 293 Å². The summed E-state index contributed by atoms with van der Waals surface area (Å²) in [5.41, 5.74) is 9.88. The molecule has 8 aromatic rings. The van der Waals surface area contributed by atoms with Gasteiger partial charge in [-0.25, -0.2) is 0 Å². The molecule has 234 valence electrons. The maximum absolute atomic E-state index is 3.61. The molecule has 0 aliphatic heterocycles. The first kappa shape index (κ1) is 30.9. The van der Waals surface area contributed by atoms with Gasteiger partial charge in [0.25, 0.3) is 0 Å². The van der Waals surface area contributed by atoms with Gasteiger partial charge in [-0.2, -0.15) is 0 Å². The van der Waals surface area contributed by atoms with Crippen molar-refractivity contribution in [3.05, 3.63) is 218 Å². The second-order valence-corrected chi connectivity index (χ2v) is 21.1. The van der Waals surface area contributed by atoms with Crippen molar-refractivity contribution in [2.75, 3.05) is 0 Å². The second kappa shape index (κ2) is 14.0. The zero-order valence-electron chi connectivity index (χ0n) is 27.2. The fourth-order valence-corrected chi connectivity index (χ4v) is 17.6. The van der Waals surface area contributed by atoms with E-state index in [2.05, 4.69) is 218 Å². The van der Waals surface area contributed by atoms with Crippen LogP contribution in [0.25, 0.3) is 44.5 Å². The van der Waals surface area contributed by atoms with Gasteiger partial charge in [-0.3, -0.25) is 0 Å². The Morgan fingerprint density at radius 1 is 0.163 bits per heavy atom. The summed E-state index contributed by atoms with van der Waals surface area (Å²) >= 11 is -3.61. The number of hydrogen-bond donors (Lipinski definition) is 0. The Hall–Kier alpha value is -5.45. The first-order valence-electron chi connectivity index (χ1n) is 16.7. The number of rotatable bonds is 8. The maximum atomic E-state index is 2.41. The van der Waals surface area contributed by atoms with E-state index in [9.17, 15) is 0 Å². The second-order valence-electron chi connectivity index (χ2n) is 12.2. The minimum atomic E-state index is -3.61. The van der Waals surface area contributed by atoms with Crippen molar-refractivity contribution in [3.63, 3.8) is 0 Å². The van der Waals surface area contributed by atoms with Gasteiger partial charge in [0.2, 0.25) is 0 Å². The molecule has 0 radical (unpaired) electrons. The van der Waals surface area contributed by atoms with Crippen LogP contribution in [0.5, 0.6) is 0 Å². The van der Waals surface area contributed by atoms with Gasteiger partial charge in [-0.1, -0.05) is 0 Å². The average molecular weight is 740 g/mol. The quantitative estimate of drug-likeness (QED) is 0.136. The van der Waals surface area contributed by atoms with Crippen molar-refractivity contribution >= 4 is 32.6 Å². The van der Waals surface area contributed by atoms with E-state index in [1.165, 1.54) is 59.0 Å². The molecule has 0 unspecified atom stereocenters. The Balaban J connectivity index is 1.35. The van der Waals surface area contributed by atoms with E-state index in [1.807, 2.05) is 0 Å². The van der Waals surface area contributed by atoms with Crippen LogP contribution in [0.1, 0.15) is 0 Å². The van der Waals surface area contributed by atoms with E-state index in [0.29, 0.717) is 0 Å². The molecule has 0 amide bonds. The van der Waals surface area contributed by atoms with Crippen LogP contribution in [0.4, 0.5) is 0 Å². The van der Waals surface area contributed by atoms with E-state index in [-0.39, 0.29) is 0 Å². The first-order chi connectivity index (χ1) is 24.3. The third-order valence-electron chi connectivity index (χ3n) is 9.26. The van der Waals surface area contributed by atoms with Crippen LogP contribution >= 0.6 is 0 Å². The van der Waals surface area contributed by atoms with Crippen LogP contribution in [0.3, 0.4) is 0 Å². The first-order valence-corrected chi connectivity index (χ1v) is 21.4. The van der Waals surface area contributed by atoms with Gasteiger partial charge in [-0.15, -0.1) is 0 Å². The van der Waals surface area contributed by atoms with Gasteiger partial charge in [0.1, 0.15) is 0 Å². The van der Waals surface area contributed by atoms with Crippen molar-refractivity contribution in [3.8, 4) is 44.5 Å². The van der Waals surface area contributed by atoms with Crippen LogP contribution < -0.4 is 14.4 Å². The summed E-state index contributed by atoms with van der Waals surface area (Å²) in [5.74, 6) is 0. The van der Waals surface area contributed by atoms with Crippen molar-refractivity contribution < 1.29 is 0 Å². The van der Waals surface area contributed by atoms with E-state index in [1.54, 1.807) is 0 Å². The van der Waals surface area contributed by atoms with E-state index >= 15 is 0 Å². The standard InChI is InChI=1S/C48H36Te/c1-5-13-37(14-6-1)41-21-29-45(30-22-41)49(46-31-23-42(24-32-46)38-15-7-2-8-16-38,47-33-25-43(26-34-47)39-17-9-3-10-18-39)48-35-27-44(28-36-48)40-19-11-4-12-20-40/h1-36H. The number of hydrogen-bond acceptors (Lipinski definition) is 0. The van der Waals surface area contributed by atoms with E-state index < -0.39 is 18.2 Å². The van der Waals surface area contributed by atoms with Crippen molar-refractivity contribution in [2.24, 2.45) is 0 Å². The molecule has 1 heteroatoms. The summed E-state index contributed by atoms with van der Waals surface area (Å²) in [6.07, 6.45) is 0. The zero-order valence-corrected chi connectivity index (χ0v) is 29.5. The SMILES string of the molecule is c1ccc(-c2ccc([Te](c3ccc(-c4ccccc4)cc3)(c3ccc(-c4ccccc4)cc3)c3ccc(-c4ccccc4)cc3)cc2)cc1. The predicted molar refractivity (Wildman–Crippen MR) is 212 cm³/mol. The third kappa shape index (κ3) is 6.16. The molecule has 49 heavy (non-hydrogen) atoms. The Morgan fingerprint density at radius 2 is 0.327 bits per heavy atom. The topological polar surface area (TPSA) is 0 Å². The van der Waals surface area contributed by atoms with E-state index in [0.717, 1.165) is 0 Å². The van der Waals surface area contributed by atoms with E-state index in [4.69, 9.17) is 0 Å². The fourth-order valence-electron chi connectivity index (χ4n) is 6.74. The molecule has 0 fully saturated rings. The van der Waals surface area contributed by atoms with Crippen LogP contribution in [0.15, 0.2) is 218 Å². The molecule has 0 aliphatic rings. The van der Waals surface area contributed by atoms with Gasteiger partial charge in [0.05, 0.1) is 0 Å². The fraction of sp³-hybridized carbons (Fsp3) is 0. The molecule has 8 aromatic carbocycles. The van der Waals surface area contributed by atoms with Crippen LogP contribution in [0, 0.1) is 0 Å². The van der Waals surface area contributed by atoms with Crippen molar-refractivity contribution in [1.82, 2.24) is 0 Å². The summed E-state index contributed by atoms with van der Waals surface area (Å²) in [5, 5.41) is 0. The molecule has 0 saturated heterocycles. The minimum absolute atomic E-state index is 1.24. The Kier molecular flexibility index (Phi) is 8.79. The summed E-state index contributed by atoms with van der Waals surface area (Å²) in [6.45, 7) is 0. The third-order valence-corrected chi connectivity index (χ3v) is 20.4. The normalized spacial score (nSPS) is 11.6. The monoisotopic (exact) mass is 742 g/mol. The van der Waals surface area contributed by atoms with Gasteiger partial charge in [0, 0.05) is 0 Å². The zero-order chi connectivity index (χ0) is 32.9. The molecule has 0 heterocycles. The summed E-state index contributed by atoms with van der Waals surface area (Å²) < 4.78 is 5.65. The molecule has 8 rings (SSSR count).